The van der Waals surface area contributed by atoms with Crippen LogP contribution in [0.25, 0.3) is 0 Å². The maximum Gasteiger partial charge on any atom is 0.301 e. The van der Waals surface area contributed by atoms with Crippen LogP contribution in [0.15, 0.2) is 42.2 Å². The van der Waals surface area contributed by atoms with Gasteiger partial charge in [0.2, 0.25) is 0 Å². The van der Waals surface area contributed by atoms with Gasteiger partial charge in [0, 0.05) is 37.4 Å². The van der Waals surface area contributed by atoms with Crippen LogP contribution in [0.3, 0.4) is 0 Å². The number of piperidine rings is 1. The van der Waals surface area contributed by atoms with Gasteiger partial charge in [0.05, 0.1) is 0 Å². The summed E-state index contributed by atoms with van der Waals surface area (Å²) >= 11 is 0. The molecule has 2 aliphatic heterocycles. The fraction of sp³-hybridized carbons (Fsp3) is 0.526. The molecule has 3 rings (SSSR count). The van der Waals surface area contributed by atoms with Gasteiger partial charge >= 0.3 is 6.08 Å². The molecule has 130 valence electrons. The van der Waals surface area contributed by atoms with E-state index in [1.165, 1.54) is 5.56 Å². The van der Waals surface area contributed by atoms with Crippen LogP contribution in [-0.2, 0) is 11.3 Å². The molecule has 0 spiro atoms. The number of benzene rings is 1. The first-order chi connectivity index (χ1) is 11.5. The van der Waals surface area contributed by atoms with Crippen molar-refractivity contribution >= 4 is 5.78 Å². The van der Waals surface area contributed by atoms with E-state index in [1.807, 2.05) is 18.2 Å². The second-order valence-corrected chi connectivity index (χ2v) is 6.84. The quantitative estimate of drug-likeness (QED) is 0.739. The van der Waals surface area contributed by atoms with Crippen LogP contribution in [0.4, 0.5) is 13.2 Å². The Balaban J connectivity index is 1.57. The Hall–Kier alpha value is -1.62. The molecular weight excluding hydrogens is 315 g/mol. The normalized spacial score (nSPS) is 26.4. The molecule has 2 aliphatic rings. The zero-order chi connectivity index (χ0) is 17.1. The summed E-state index contributed by atoms with van der Waals surface area (Å²) in [6.45, 7) is 0.890. The van der Waals surface area contributed by atoms with Crippen molar-refractivity contribution in [2.45, 2.75) is 57.2 Å². The molecule has 24 heavy (non-hydrogen) atoms. The number of hydrogen-bond acceptors (Lipinski definition) is 2. The van der Waals surface area contributed by atoms with Gasteiger partial charge in [-0.05, 0) is 31.2 Å². The maximum atomic E-state index is 12.9. The van der Waals surface area contributed by atoms with Crippen molar-refractivity contribution < 1.29 is 18.0 Å². The average molecular weight is 337 g/mol. The third-order valence-corrected chi connectivity index (χ3v) is 5.34. The van der Waals surface area contributed by atoms with Crippen LogP contribution in [0.5, 0.6) is 0 Å². The van der Waals surface area contributed by atoms with Crippen LogP contribution in [-0.4, -0.2) is 22.8 Å². The van der Waals surface area contributed by atoms with Gasteiger partial charge in [0.1, 0.15) is 5.78 Å². The molecule has 0 radical (unpaired) electrons. The highest BCUT2D eigenvalue weighted by molar-refractivity contribution is 5.81. The Morgan fingerprint density at radius 2 is 1.62 bits per heavy atom. The lowest BCUT2D eigenvalue weighted by atomic mass is 9.85. The van der Waals surface area contributed by atoms with Crippen molar-refractivity contribution in [3.63, 3.8) is 0 Å². The molecule has 2 unspecified atom stereocenters. The summed E-state index contributed by atoms with van der Waals surface area (Å²) in [4.78, 5) is 14.7. The molecule has 1 aromatic carbocycles. The van der Waals surface area contributed by atoms with Crippen LogP contribution < -0.4 is 0 Å². The molecule has 2 fully saturated rings. The minimum absolute atomic E-state index is 0.0670. The SMILES string of the molecule is O=C(CCC(F)=C(F)F)C1CC2CCC(C1)N2Cc1ccccc1. The molecule has 0 aromatic heterocycles. The fourth-order valence-electron chi connectivity index (χ4n) is 4.12. The highest BCUT2D eigenvalue weighted by Crippen LogP contribution is 2.40. The van der Waals surface area contributed by atoms with E-state index in [9.17, 15) is 18.0 Å². The number of hydrogen-bond donors (Lipinski definition) is 0. The highest BCUT2D eigenvalue weighted by atomic mass is 19.3. The van der Waals surface area contributed by atoms with Gasteiger partial charge in [0.15, 0.2) is 5.83 Å². The molecule has 1 aromatic rings. The van der Waals surface area contributed by atoms with E-state index in [-0.39, 0.29) is 18.1 Å². The van der Waals surface area contributed by atoms with Gasteiger partial charge in [-0.1, -0.05) is 30.3 Å². The predicted octanol–water partition coefficient (Wildman–Crippen LogP) is 4.86. The fourth-order valence-corrected chi connectivity index (χ4v) is 4.12. The first-order valence-electron chi connectivity index (χ1n) is 8.56. The summed E-state index contributed by atoms with van der Waals surface area (Å²) < 4.78 is 37.1. The standard InChI is InChI=1S/C19H22F3NO/c20-17(19(21)22)8-9-18(24)14-10-15-6-7-16(11-14)23(15)12-13-4-2-1-3-5-13/h1-5,14-16H,6-12H2. The van der Waals surface area contributed by atoms with Crippen molar-refractivity contribution in [2.24, 2.45) is 5.92 Å². The van der Waals surface area contributed by atoms with Gasteiger partial charge in [-0.3, -0.25) is 9.69 Å². The second-order valence-electron chi connectivity index (χ2n) is 6.84. The maximum absolute atomic E-state index is 12.9. The Kier molecular flexibility index (Phi) is 5.39. The molecular formula is C19H22F3NO. The first-order valence-corrected chi connectivity index (χ1v) is 8.56. The van der Waals surface area contributed by atoms with E-state index in [4.69, 9.17) is 0 Å². The Labute approximate surface area is 140 Å². The second kappa shape index (κ2) is 7.51. The van der Waals surface area contributed by atoms with Crippen molar-refractivity contribution in [3.05, 3.63) is 47.8 Å². The summed E-state index contributed by atoms with van der Waals surface area (Å²) in [6, 6.07) is 11.0. The number of Topliss-reactive ketones (excluding diaryl/α,β-unsaturated/α-hetero) is 1. The molecule has 2 bridgehead atoms. The summed E-state index contributed by atoms with van der Waals surface area (Å²) in [5.74, 6) is -1.62. The van der Waals surface area contributed by atoms with Crippen LogP contribution in [0.1, 0.15) is 44.1 Å². The Bertz CT molecular complexity index is 598. The van der Waals surface area contributed by atoms with Crippen molar-refractivity contribution in [1.82, 2.24) is 4.90 Å². The molecule has 0 aliphatic carbocycles. The number of rotatable bonds is 6. The largest absolute Gasteiger partial charge is 0.301 e. The average Bonchev–Trinajstić information content (AvgIpc) is 2.82. The minimum atomic E-state index is -2.31. The van der Waals surface area contributed by atoms with Gasteiger partial charge in [-0.2, -0.15) is 8.78 Å². The number of fused-ring (bicyclic) bond motifs is 2. The highest BCUT2D eigenvalue weighted by Gasteiger charge is 2.42. The number of carbonyl (C=O) groups excluding carboxylic acids is 1. The lowest BCUT2D eigenvalue weighted by Crippen LogP contribution is -2.44. The Morgan fingerprint density at radius 3 is 2.21 bits per heavy atom. The number of allylic oxidation sites excluding steroid dienone is 1. The smallest absolute Gasteiger partial charge is 0.299 e. The number of carbonyl (C=O) groups is 1. The van der Waals surface area contributed by atoms with Gasteiger partial charge in [0.25, 0.3) is 0 Å². The minimum Gasteiger partial charge on any atom is -0.299 e. The van der Waals surface area contributed by atoms with Crippen LogP contribution >= 0.6 is 0 Å². The van der Waals surface area contributed by atoms with E-state index in [0.29, 0.717) is 12.1 Å². The first kappa shape index (κ1) is 17.2. The molecule has 0 N–H and O–H groups in total. The van der Waals surface area contributed by atoms with Crippen LogP contribution in [0.2, 0.25) is 0 Å². The molecule has 2 atom stereocenters. The van der Waals surface area contributed by atoms with E-state index in [1.54, 1.807) is 0 Å². The molecule has 0 saturated carbocycles. The summed E-state index contributed by atoms with van der Waals surface area (Å²) in [5, 5.41) is 0. The zero-order valence-corrected chi connectivity index (χ0v) is 13.6. The monoisotopic (exact) mass is 337 g/mol. The van der Waals surface area contributed by atoms with Crippen molar-refractivity contribution in [3.8, 4) is 0 Å². The molecule has 2 heterocycles. The van der Waals surface area contributed by atoms with E-state index >= 15 is 0 Å². The number of halogens is 3. The lowest BCUT2D eigenvalue weighted by Gasteiger charge is -2.38. The van der Waals surface area contributed by atoms with E-state index in [2.05, 4.69) is 17.0 Å². The van der Waals surface area contributed by atoms with Gasteiger partial charge < -0.3 is 0 Å². The zero-order valence-electron chi connectivity index (χ0n) is 13.6. The Morgan fingerprint density at radius 1 is 1.00 bits per heavy atom. The van der Waals surface area contributed by atoms with Crippen molar-refractivity contribution in [2.75, 3.05) is 0 Å². The van der Waals surface area contributed by atoms with Crippen molar-refractivity contribution in [1.29, 1.82) is 0 Å². The number of nitrogens with zero attached hydrogens (tertiary/aromatic N) is 1. The molecule has 2 saturated heterocycles. The number of ketones is 1. The van der Waals surface area contributed by atoms with E-state index < -0.39 is 18.3 Å². The third-order valence-electron chi connectivity index (χ3n) is 5.34. The van der Waals surface area contributed by atoms with Crippen LogP contribution in [0, 0.1) is 5.92 Å². The third kappa shape index (κ3) is 3.89. The van der Waals surface area contributed by atoms with E-state index in [0.717, 1.165) is 32.2 Å². The topological polar surface area (TPSA) is 20.3 Å². The molecule has 5 heteroatoms. The molecule has 0 amide bonds. The predicted molar refractivity (Wildman–Crippen MR) is 86.1 cm³/mol. The summed E-state index contributed by atoms with van der Waals surface area (Å²) in [7, 11) is 0. The summed E-state index contributed by atoms with van der Waals surface area (Å²) in [6.07, 6.45) is 0.799. The summed E-state index contributed by atoms with van der Waals surface area (Å²) in [5.41, 5.74) is 1.27. The molecule has 2 nitrogen and oxygen atoms in total. The van der Waals surface area contributed by atoms with Gasteiger partial charge in [-0.25, -0.2) is 4.39 Å². The lowest BCUT2D eigenvalue weighted by molar-refractivity contribution is -0.125. The van der Waals surface area contributed by atoms with Gasteiger partial charge in [-0.15, -0.1) is 0 Å².